The van der Waals surface area contributed by atoms with Crippen LogP contribution in [0.2, 0.25) is 0 Å². The Morgan fingerprint density at radius 2 is 1.76 bits per heavy atom. The molecule has 2 aromatic heterocycles. The molecule has 41 heavy (non-hydrogen) atoms. The first-order chi connectivity index (χ1) is 19.6. The van der Waals surface area contributed by atoms with E-state index in [1.54, 1.807) is 23.5 Å². The maximum absolute atomic E-state index is 14.4. The van der Waals surface area contributed by atoms with E-state index in [4.69, 9.17) is 4.74 Å². The number of fused-ring (bicyclic) bond motifs is 2. The molecule has 0 radical (unpaired) electrons. The lowest BCUT2D eigenvalue weighted by Gasteiger charge is -2.41. The summed E-state index contributed by atoms with van der Waals surface area (Å²) in [5.41, 5.74) is 0.866. The Balaban J connectivity index is 1.13. The lowest BCUT2D eigenvalue weighted by atomic mass is 9.89. The molecule has 2 unspecified atom stereocenters. The highest BCUT2D eigenvalue weighted by Crippen LogP contribution is 2.39. The van der Waals surface area contributed by atoms with Gasteiger partial charge >= 0.3 is 5.97 Å². The van der Waals surface area contributed by atoms with Gasteiger partial charge in [-0.05, 0) is 71.3 Å². The van der Waals surface area contributed by atoms with Crippen LogP contribution in [-0.4, -0.2) is 58.2 Å². The number of thiazole rings is 2. The highest BCUT2D eigenvalue weighted by molar-refractivity contribution is 7.19. The molecule has 0 spiro atoms. The van der Waals surface area contributed by atoms with Gasteiger partial charge < -0.3 is 10.1 Å². The summed E-state index contributed by atoms with van der Waals surface area (Å²) in [6.07, 6.45) is 3.80. The van der Waals surface area contributed by atoms with Gasteiger partial charge in [-0.15, -0.1) is 22.7 Å². The summed E-state index contributed by atoms with van der Waals surface area (Å²) in [5.74, 6) is -1.20. The number of nitrogens with zero attached hydrogens (tertiary/aromatic N) is 3. The second-order valence-electron chi connectivity index (χ2n) is 11.8. The second kappa shape index (κ2) is 11.1. The Bertz CT molecular complexity index is 1630. The van der Waals surface area contributed by atoms with Crippen molar-refractivity contribution in [2.45, 2.75) is 64.1 Å². The predicted octanol–water partition coefficient (Wildman–Crippen LogP) is 6.77. The minimum Gasteiger partial charge on any atom is -0.458 e. The first kappa shape index (κ1) is 28.3. The molecule has 10 heteroatoms. The molecule has 1 saturated heterocycles. The molecule has 2 aliphatic heterocycles. The van der Waals surface area contributed by atoms with E-state index < -0.39 is 11.5 Å². The van der Waals surface area contributed by atoms with E-state index in [1.807, 2.05) is 39.0 Å². The van der Waals surface area contributed by atoms with Crippen molar-refractivity contribution in [1.29, 1.82) is 0 Å². The number of carbonyl (C=O) groups excluding carboxylic acids is 1. The van der Waals surface area contributed by atoms with Gasteiger partial charge in [0.05, 0.1) is 20.3 Å². The third-order valence-corrected chi connectivity index (χ3v) is 10.4. The van der Waals surface area contributed by atoms with E-state index in [-0.39, 0.29) is 35.6 Å². The standard InChI is InChI=1S/C31H34F2N4O2S2/c1-17-15-19(28-35-26-21(32)7-5-9-23(26)40-28)12-14-37(17)16-31(3,4)39-30(38)25-18(2)34-13-11-20(25)29-36-27-22(33)8-6-10-24(27)41-29/h5-11,17-19,25,34H,12-16H2,1-4H3/t17?,18-,19?,25-/m0/s1. The molecule has 6 rings (SSSR count). The Labute approximate surface area is 246 Å². The summed E-state index contributed by atoms with van der Waals surface area (Å²) in [6, 6.07) is 10.2. The molecule has 216 valence electrons. The number of nitrogens with one attached hydrogen (secondary N) is 1. The molecule has 4 aromatic rings. The van der Waals surface area contributed by atoms with Gasteiger partial charge in [0, 0.05) is 36.7 Å². The molecule has 0 aliphatic carbocycles. The van der Waals surface area contributed by atoms with Crippen LogP contribution in [0, 0.1) is 17.6 Å². The number of rotatable bonds is 6. The number of ether oxygens (including phenoxy) is 1. The van der Waals surface area contributed by atoms with E-state index in [9.17, 15) is 13.6 Å². The minimum absolute atomic E-state index is 0.150. The van der Waals surface area contributed by atoms with Gasteiger partial charge in [-0.3, -0.25) is 9.69 Å². The molecule has 1 fully saturated rings. The SMILES string of the molecule is CC1CC(c2nc3c(F)cccc3s2)CCN1CC(C)(C)OC(=O)[C@@H]1C(c2nc3c(F)cccc3s2)=CCN[C@H]1C. The summed E-state index contributed by atoms with van der Waals surface area (Å²) in [5, 5.41) is 5.00. The zero-order valence-electron chi connectivity index (χ0n) is 23.6. The fourth-order valence-electron chi connectivity index (χ4n) is 6.10. The van der Waals surface area contributed by atoms with Crippen molar-refractivity contribution >= 4 is 54.6 Å². The normalized spacial score (nSPS) is 24.1. The minimum atomic E-state index is -0.723. The molecule has 2 aliphatic rings. The number of aromatic nitrogens is 2. The van der Waals surface area contributed by atoms with Crippen LogP contribution in [-0.2, 0) is 9.53 Å². The summed E-state index contributed by atoms with van der Waals surface area (Å²) < 4.78 is 36.4. The number of likely N-dealkylation sites (tertiary alicyclic amines) is 1. The van der Waals surface area contributed by atoms with E-state index in [1.165, 1.54) is 23.5 Å². The maximum Gasteiger partial charge on any atom is 0.315 e. The number of esters is 1. The van der Waals surface area contributed by atoms with Gasteiger partial charge in [-0.1, -0.05) is 18.2 Å². The summed E-state index contributed by atoms with van der Waals surface area (Å²) >= 11 is 2.98. The Morgan fingerprint density at radius 1 is 1.07 bits per heavy atom. The maximum atomic E-state index is 14.4. The van der Waals surface area contributed by atoms with Crippen LogP contribution in [0.15, 0.2) is 42.5 Å². The highest BCUT2D eigenvalue weighted by Gasteiger charge is 2.39. The fourth-order valence-corrected chi connectivity index (χ4v) is 8.29. The van der Waals surface area contributed by atoms with Crippen LogP contribution in [0.5, 0.6) is 0 Å². The topological polar surface area (TPSA) is 67.4 Å². The van der Waals surface area contributed by atoms with Crippen LogP contribution in [0.25, 0.3) is 26.0 Å². The van der Waals surface area contributed by atoms with Crippen molar-refractivity contribution in [1.82, 2.24) is 20.2 Å². The van der Waals surface area contributed by atoms with Gasteiger partial charge in [0.15, 0.2) is 0 Å². The van der Waals surface area contributed by atoms with Crippen LogP contribution in [0.1, 0.15) is 56.5 Å². The van der Waals surface area contributed by atoms with Crippen molar-refractivity contribution in [3.63, 3.8) is 0 Å². The van der Waals surface area contributed by atoms with Crippen LogP contribution < -0.4 is 5.32 Å². The summed E-state index contributed by atoms with van der Waals surface area (Å²) in [4.78, 5) is 25.3. The smallest absolute Gasteiger partial charge is 0.315 e. The predicted molar refractivity (Wildman–Crippen MR) is 161 cm³/mol. The Morgan fingerprint density at radius 3 is 2.41 bits per heavy atom. The summed E-state index contributed by atoms with van der Waals surface area (Å²) in [6.45, 7) is 10.1. The molecule has 6 nitrogen and oxygen atoms in total. The number of hydrogen-bond acceptors (Lipinski definition) is 8. The van der Waals surface area contributed by atoms with Crippen molar-refractivity contribution in [2.75, 3.05) is 19.6 Å². The molecule has 0 saturated carbocycles. The first-order valence-electron chi connectivity index (χ1n) is 14.1. The molecule has 0 bridgehead atoms. The number of para-hydroxylation sites is 2. The average molecular weight is 597 g/mol. The number of benzene rings is 2. The van der Waals surface area contributed by atoms with Gasteiger partial charge in [0.2, 0.25) is 0 Å². The lowest BCUT2D eigenvalue weighted by molar-refractivity contribution is -0.162. The van der Waals surface area contributed by atoms with Crippen LogP contribution in [0.4, 0.5) is 8.78 Å². The molecular weight excluding hydrogens is 562 g/mol. The van der Waals surface area contributed by atoms with Gasteiger partial charge in [0.1, 0.15) is 33.3 Å². The van der Waals surface area contributed by atoms with E-state index in [0.717, 1.165) is 39.4 Å². The number of halogens is 2. The fraction of sp³-hybridized carbons (Fsp3) is 0.452. The zero-order chi connectivity index (χ0) is 28.9. The second-order valence-corrected chi connectivity index (χ2v) is 13.9. The van der Waals surface area contributed by atoms with Gasteiger partial charge in [0.25, 0.3) is 0 Å². The van der Waals surface area contributed by atoms with Crippen molar-refractivity contribution < 1.29 is 18.3 Å². The van der Waals surface area contributed by atoms with Crippen LogP contribution in [0.3, 0.4) is 0 Å². The zero-order valence-corrected chi connectivity index (χ0v) is 25.2. The Hall–Kier alpha value is -2.79. The average Bonchev–Trinajstić information content (AvgIpc) is 3.56. The number of carbonyl (C=O) groups is 1. The van der Waals surface area contributed by atoms with Crippen LogP contribution >= 0.6 is 22.7 Å². The molecule has 4 heterocycles. The quantitative estimate of drug-likeness (QED) is 0.248. The number of piperidine rings is 1. The molecule has 0 amide bonds. The molecule has 1 N–H and O–H groups in total. The van der Waals surface area contributed by atoms with E-state index in [0.29, 0.717) is 29.1 Å². The third kappa shape index (κ3) is 5.67. The molecule has 4 atom stereocenters. The largest absolute Gasteiger partial charge is 0.458 e. The first-order valence-corrected chi connectivity index (χ1v) is 15.7. The Kier molecular flexibility index (Phi) is 7.69. The monoisotopic (exact) mass is 596 g/mol. The van der Waals surface area contributed by atoms with Gasteiger partial charge in [-0.25, -0.2) is 18.7 Å². The van der Waals surface area contributed by atoms with Crippen molar-refractivity contribution in [3.8, 4) is 0 Å². The van der Waals surface area contributed by atoms with E-state index >= 15 is 0 Å². The van der Waals surface area contributed by atoms with Gasteiger partial charge in [-0.2, -0.15) is 0 Å². The highest BCUT2D eigenvalue weighted by atomic mass is 32.1. The van der Waals surface area contributed by atoms with Crippen molar-refractivity contribution in [2.24, 2.45) is 5.92 Å². The third-order valence-electron chi connectivity index (χ3n) is 8.18. The van der Waals surface area contributed by atoms with E-state index in [2.05, 4.69) is 27.1 Å². The summed E-state index contributed by atoms with van der Waals surface area (Å²) in [7, 11) is 0. The number of hydrogen-bond donors (Lipinski definition) is 1. The molecule has 2 aromatic carbocycles. The van der Waals surface area contributed by atoms with Crippen molar-refractivity contribution in [3.05, 3.63) is 64.1 Å². The lowest BCUT2D eigenvalue weighted by Crippen LogP contribution is -2.50. The molecular formula is C31H34F2N4O2S2.